The lowest BCUT2D eigenvalue weighted by Gasteiger charge is -2.27. The maximum Gasteiger partial charge on any atom is 0.338 e. The summed E-state index contributed by atoms with van der Waals surface area (Å²) in [4.78, 5) is 12.6. The van der Waals surface area contributed by atoms with Crippen LogP contribution in [0.4, 0.5) is 5.95 Å². The predicted octanol–water partition coefficient (Wildman–Crippen LogP) is 3.10. The number of hydrogen-bond acceptors (Lipinski definition) is 7. The van der Waals surface area contributed by atoms with E-state index in [9.17, 15) is 4.79 Å². The van der Waals surface area contributed by atoms with Gasteiger partial charge in [-0.2, -0.15) is 4.68 Å². The number of benzene rings is 2. The molecule has 0 spiro atoms. The number of aromatic nitrogens is 4. The first-order valence-electron chi connectivity index (χ1n) is 9.37. The van der Waals surface area contributed by atoms with Gasteiger partial charge in [-0.1, -0.05) is 47.6 Å². The van der Waals surface area contributed by atoms with E-state index in [1.54, 1.807) is 11.6 Å². The Morgan fingerprint density at radius 2 is 1.90 bits per heavy atom. The number of esters is 1. The van der Waals surface area contributed by atoms with E-state index in [0.717, 1.165) is 16.9 Å². The lowest BCUT2D eigenvalue weighted by atomic mass is 9.96. The largest absolute Gasteiger partial charge is 0.489 e. The first-order valence-corrected chi connectivity index (χ1v) is 9.37. The van der Waals surface area contributed by atoms with Crippen molar-refractivity contribution in [1.29, 1.82) is 0 Å². The Bertz CT molecular complexity index is 1030. The molecule has 0 saturated heterocycles. The van der Waals surface area contributed by atoms with Gasteiger partial charge in [-0.05, 0) is 47.5 Å². The molecular formula is C21H21N5O3. The SMILES string of the molecule is CCOC(=O)C1=C(C)Nc2nnnn2[C@H]1c1ccc(OCc2ccccc2)cc1. The summed E-state index contributed by atoms with van der Waals surface area (Å²) in [5.41, 5.74) is 3.09. The van der Waals surface area contributed by atoms with Gasteiger partial charge < -0.3 is 14.8 Å². The van der Waals surface area contributed by atoms with Crippen LogP contribution in [-0.4, -0.2) is 32.8 Å². The highest BCUT2D eigenvalue weighted by molar-refractivity contribution is 5.92. The highest BCUT2D eigenvalue weighted by Crippen LogP contribution is 2.35. The van der Waals surface area contributed by atoms with E-state index in [2.05, 4.69) is 20.8 Å². The van der Waals surface area contributed by atoms with Gasteiger partial charge >= 0.3 is 5.97 Å². The van der Waals surface area contributed by atoms with Gasteiger partial charge in [0, 0.05) is 5.70 Å². The molecule has 1 N–H and O–H groups in total. The van der Waals surface area contributed by atoms with Crippen LogP contribution in [0.1, 0.15) is 31.0 Å². The van der Waals surface area contributed by atoms with Crippen molar-refractivity contribution < 1.29 is 14.3 Å². The van der Waals surface area contributed by atoms with Crippen LogP contribution in [0.3, 0.4) is 0 Å². The molecule has 0 saturated carbocycles. The van der Waals surface area contributed by atoms with Crippen molar-refractivity contribution in [3.05, 3.63) is 77.0 Å². The monoisotopic (exact) mass is 391 g/mol. The second kappa shape index (κ2) is 8.14. The third-order valence-corrected chi connectivity index (χ3v) is 4.65. The topological polar surface area (TPSA) is 91.2 Å². The van der Waals surface area contributed by atoms with Crippen LogP contribution in [0, 0.1) is 0 Å². The normalized spacial score (nSPS) is 15.4. The van der Waals surface area contributed by atoms with Crippen LogP contribution in [0.2, 0.25) is 0 Å². The molecule has 8 heteroatoms. The molecule has 0 unspecified atom stereocenters. The van der Waals surface area contributed by atoms with Crippen molar-refractivity contribution >= 4 is 11.9 Å². The molecule has 0 fully saturated rings. The lowest BCUT2D eigenvalue weighted by Crippen LogP contribution is -2.29. The van der Waals surface area contributed by atoms with E-state index >= 15 is 0 Å². The van der Waals surface area contributed by atoms with Crippen LogP contribution in [0.15, 0.2) is 65.9 Å². The molecule has 0 aliphatic carbocycles. The Morgan fingerprint density at radius 1 is 1.14 bits per heavy atom. The fraction of sp³-hybridized carbons (Fsp3) is 0.238. The van der Waals surface area contributed by atoms with Gasteiger partial charge in [0.25, 0.3) is 0 Å². The number of nitrogens with zero attached hydrogens (tertiary/aromatic N) is 4. The van der Waals surface area contributed by atoms with Gasteiger partial charge in [0.05, 0.1) is 12.2 Å². The predicted molar refractivity (Wildman–Crippen MR) is 106 cm³/mol. The molecule has 1 atom stereocenters. The number of rotatable bonds is 6. The van der Waals surface area contributed by atoms with Crippen LogP contribution >= 0.6 is 0 Å². The van der Waals surface area contributed by atoms with Crippen LogP contribution in [0.25, 0.3) is 0 Å². The van der Waals surface area contributed by atoms with E-state index < -0.39 is 12.0 Å². The summed E-state index contributed by atoms with van der Waals surface area (Å²) in [5, 5.41) is 14.8. The summed E-state index contributed by atoms with van der Waals surface area (Å²) < 4.78 is 12.7. The molecule has 0 bridgehead atoms. The smallest absolute Gasteiger partial charge is 0.338 e. The van der Waals surface area contributed by atoms with Crippen LogP contribution in [0.5, 0.6) is 5.75 Å². The minimum absolute atomic E-state index is 0.289. The zero-order valence-corrected chi connectivity index (χ0v) is 16.2. The highest BCUT2D eigenvalue weighted by Gasteiger charge is 2.34. The second-order valence-corrected chi connectivity index (χ2v) is 6.58. The molecule has 0 radical (unpaired) electrons. The zero-order chi connectivity index (χ0) is 20.2. The maximum absolute atomic E-state index is 12.6. The molecule has 1 aromatic heterocycles. The van der Waals surface area contributed by atoms with E-state index in [4.69, 9.17) is 9.47 Å². The summed E-state index contributed by atoms with van der Waals surface area (Å²) in [5.74, 6) is 0.819. The van der Waals surface area contributed by atoms with E-state index in [1.807, 2.05) is 61.5 Å². The van der Waals surface area contributed by atoms with E-state index in [0.29, 0.717) is 23.8 Å². The lowest BCUT2D eigenvalue weighted by molar-refractivity contribution is -0.139. The fourth-order valence-electron chi connectivity index (χ4n) is 3.28. The molecule has 148 valence electrons. The Hall–Kier alpha value is -3.68. The first kappa shape index (κ1) is 18.7. The Kier molecular flexibility index (Phi) is 5.24. The number of tetrazole rings is 1. The molecule has 2 heterocycles. The number of allylic oxidation sites excluding steroid dienone is 1. The van der Waals surface area contributed by atoms with Crippen molar-refractivity contribution in [3.63, 3.8) is 0 Å². The number of carbonyl (C=O) groups is 1. The number of carbonyl (C=O) groups excluding carboxylic acids is 1. The zero-order valence-electron chi connectivity index (χ0n) is 16.2. The molecule has 1 aliphatic rings. The summed E-state index contributed by atoms with van der Waals surface area (Å²) >= 11 is 0. The van der Waals surface area contributed by atoms with Gasteiger partial charge in [0.2, 0.25) is 5.95 Å². The van der Waals surface area contributed by atoms with Crippen molar-refractivity contribution in [3.8, 4) is 5.75 Å². The first-order chi connectivity index (χ1) is 14.2. The van der Waals surface area contributed by atoms with Gasteiger partial charge in [-0.15, -0.1) is 0 Å². The quantitative estimate of drug-likeness (QED) is 0.646. The van der Waals surface area contributed by atoms with Crippen molar-refractivity contribution in [2.24, 2.45) is 0 Å². The summed E-state index contributed by atoms with van der Waals surface area (Å²) in [6.07, 6.45) is 0. The Balaban J connectivity index is 1.60. The molecule has 29 heavy (non-hydrogen) atoms. The minimum atomic E-state index is -0.483. The molecule has 2 aromatic carbocycles. The number of ether oxygens (including phenoxy) is 2. The number of nitrogens with one attached hydrogen (secondary N) is 1. The number of hydrogen-bond donors (Lipinski definition) is 1. The van der Waals surface area contributed by atoms with Crippen LogP contribution < -0.4 is 10.1 Å². The summed E-state index contributed by atoms with van der Waals surface area (Å²) in [6, 6.07) is 17.1. The second-order valence-electron chi connectivity index (χ2n) is 6.58. The number of anilines is 1. The van der Waals surface area contributed by atoms with Gasteiger partial charge in [-0.25, -0.2) is 4.79 Å². The minimum Gasteiger partial charge on any atom is -0.489 e. The summed E-state index contributed by atoms with van der Waals surface area (Å²) in [7, 11) is 0. The van der Waals surface area contributed by atoms with Crippen molar-refractivity contribution in [1.82, 2.24) is 20.2 Å². The Morgan fingerprint density at radius 3 is 2.62 bits per heavy atom. The molecule has 0 amide bonds. The highest BCUT2D eigenvalue weighted by atomic mass is 16.5. The van der Waals surface area contributed by atoms with Crippen molar-refractivity contribution in [2.75, 3.05) is 11.9 Å². The van der Waals surface area contributed by atoms with Gasteiger partial charge in [0.1, 0.15) is 18.4 Å². The van der Waals surface area contributed by atoms with Gasteiger partial charge in [0.15, 0.2) is 0 Å². The molecule has 3 aromatic rings. The average molecular weight is 391 g/mol. The molecule has 4 rings (SSSR count). The maximum atomic E-state index is 12.6. The van der Waals surface area contributed by atoms with E-state index in [-0.39, 0.29) is 6.61 Å². The summed E-state index contributed by atoms with van der Waals surface area (Å²) in [6.45, 7) is 4.37. The standard InChI is InChI=1S/C21H21N5O3/c1-3-28-20(27)18-14(2)22-21-23-24-25-26(21)19(18)16-9-11-17(12-10-16)29-13-15-7-5-4-6-8-15/h4-12,19H,3,13H2,1-2H3,(H,22,23,25)/t19-/m0/s1. The molecular weight excluding hydrogens is 370 g/mol. The average Bonchev–Trinajstić information content (AvgIpc) is 3.20. The van der Waals surface area contributed by atoms with Gasteiger partial charge in [-0.3, -0.25) is 0 Å². The van der Waals surface area contributed by atoms with Crippen LogP contribution in [-0.2, 0) is 16.1 Å². The fourth-order valence-corrected chi connectivity index (χ4v) is 3.28. The third kappa shape index (κ3) is 3.82. The molecule has 8 nitrogen and oxygen atoms in total. The Labute approximate surface area is 168 Å². The molecule has 1 aliphatic heterocycles. The third-order valence-electron chi connectivity index (χ3n) is 4.65. The van der Waals surface area contributed by atoms with E-state index in [1.165, 1.54) is 0 Å². The number of fused-ring (bicyclic) bond motifs is 1. The van der Waals surface area contributed by atoms with Crippen molar-refractivity contribution in [2.45, 2.75) is 26.5 Å².